The molecular formula is C18H16F3NO3. The maximum absolute atomic E-state index is 13.6. The molecule has 1 saturated heterocycles. The van der Waals surface area contributed by atoms with Gasteiger partial charge >= 0.3 is 0 Å². The van der Waals surface area contributed by atoms with Crippen LogP contribution in [0.4, 0.5) is 18.9 Å². The third-order valence-corrected chi connectivity index (χ3v) is 3.84. The van der Waals surface area contributed by atoms with Crippen LogP contribution < -0.4 is 10.1 Å². The molecule has 3 rings (SSSR count). The lowest BCUT2D eigenvalue weighted by molar-refractivity contribution is 0.0679. The van der Waals surface area contributed by atoms with Crippen molar-refractivity contribution in [1.82, 2.24) is 0 Å². The van der Waals surface area contributed by atoms with E-state index in [1.54, 1.807) is 12.1 Å². The van der Waals surface area contributed by atoms with Crippen molar-refractivity contribution in [3.63, 3.8) is 0 Å². The Morgan fingerprint density at radius 2 is 2.04 bits per heavy atom. The summed E-state index contributed by atoms with van der Waals surface area (Å²) in [6.07, 6.45) is 1.96. The quantitative estimate of drug-likeness (QED) is 0.831. The average molecular weight is 351 g/mol. The molecule has 0 aliphatic carbocycles. The maximum Gasteiger partial charge on any atom is 0.255 e. The predicted octanol–water partition coefficient (Wildman–Crippen LogP) is 3.91. The number of carbonyl (C=O) groups is 1. The van der Waals surface area contributed by atoms with Gasteiger partial charge in [-0.05, 0) is 43.2 Å². The number of hydrogen-bond donors (Lipinski definition) is 1. The molecule has 1 N–H and O–H groups in total. The molecule has 1 aliphatic heterocycles. The van der Waals surface area contributed by atoms with Crippen LogP contribution in [0.2, 0.25) is 0 Å². The molecule has 1 atom stereocenters. The van der Waals surface area contributed by atoms with Crippen LogP contribution in [0.15, 0.2) is 36.4 Å². The molecule has 1 heterocycles. The minimum absolute atomic E-state index is 0.0359. The third kappa shape index (κ3) is 4.11. The lowest BCUT2D eigenvalue weighted by atomic mass is 10.2. The zero-order valence-corrected chi connectivity index (χ0v) is 13.2. The lowest BCUT2D eigenvalue weighted by Crippen LogP contribution is -2.17. The van der Waals surface area contributed by atoms with E-state index in [-0.39, 0.29) is 11.7 Å². The number of anilines is 1. The van der Waals surface area contributed by atoms with Gasteiger partial charge in [-0.3, -0.25) is 4.79 Å². The Labute approximate surface area is 142 Å². The van der Waals surface area contributed by atoms with Gasteiger partial charge in [0.1, 0.15) is 12.4 Å². The van der Waals surface area contributed by atoms with Crippen molar-refractivity contribution in [1.29, 1.82) is 0 Å². The number of carbonyl (C=O) groups excluding carboxylic acids is 1. The molecule has 1 aliphatic rings. The summed E-state index contributed by atoms with van der Waals surface area (Å²) in [6.45, 7) is 1.10. The number of hydrogen-bond acceptors (Lipinski definition) is 3. The molecule has 1 fully saturated rings. The van der Waals surface area contributed by atoms with Crippen molar-refractivity contribution in [2.75, 3.05) is 18.5 Å². The highest BCUT2D eigenvalue weighted by Crippen LogP contribution is 2.22. The first kappa shape index (κ1) is 17.3. The summed E-state index contributed by atoms with van der Waals surface area (Å²) in [7, 11) is 0. The fourth-order valence-electron chi connectivity index (χ4n) is 2.51. The molecule has 0 spiro atoms. The molecule has 25 heavy (non-hydrogen) atoms. The van der Waals surface area contributed by atoms with E-state index in [2.05, 4.69) is 5.32 Å². The van der Waals surface area contributed by atoms with Crippen molar-refractivity contribution in [3.05, 3.63) is 59.4 Å². The second-order valence-electron chi connectivity index (χ2n) is 5.65. The fourth-order valence-corrected chi connectivity index (χ4v) is 2.51. The maximum atomic E-state index is 13.6. The van der Waals surface area contributed by atoms with Gasteiger partial charge in [0, 0.05) is 12.2 Å². The summed E-state index contributed by atoms with van der Waals surface area (Å²) in [5.74, 6) is -4.59. The second-order valence-corrected chi connectivity index (χ2v) is 5.65. The van der Waals surface area contributed by atoms with Crippen LogP contribution in [0.25, 0.3) is 0 Å². The molecule has 132 valence electrons. The summed E-state index contributed by atoms with van der Waals surface area (Å²) < 4.78 is 50.9. The first-order chi connectivity index (χ1) is 12.0. The number of halogens is 3. The van der Waals surface area contributed by atoms with Crippen molar-refractivity contribution in [3.8, 4) is 5.75 Å². The summed E-state index contributed by atoms with van der Waals surface area (Å²) in [6, 6.07) is 8.00. The standard InChI is InChI=1S/C18H16F3NO3/c19-14-6-7-15(17(21)16(14)20)22-18(23)11-3-1-4-12(9-11)25-10-13-5-2-8-24-13/h1,3-4,6-7,9,13H,2,5,8,10H2,(H,22,23). The van der Waals surface area contributed by atoms with Crippen molar-refractivity contribution >= 4 is 11.6 Å². The first-order valence-electron chi connectivity index (χ1n) is 7.84. The molecule has 0 saturated carbocycles. The van der Waals surface area contributed by atoms with E-state index in [0.717, 1.165) is 31.6 Å². The topological polar surface area (TPSA) is 47.6 Å². The Balaban J connectivity index is 1.67. The Morgan fingerprint density at radius 3 is 2.80 bits per heavy atom. The first-order valence-corrected chi connectivity index (χ1v) is 7.84. The van der Waals surface area contributed by atoms with Crippen LogP contribution in [-0.4, -0.2) is 25.2 Å². The average Bonchev–Trinajstić information content (AvgIpc) is 3.14. The van der Waals surface area contributed by atoms with E-state index in [1.165, 1.54) is 12.1 Å². The Bertz CT molecular complexity index is 776. The Morgan fingerprint density at radius 1 is 1.20 bits per heavy atom. The van der Waals surface area contributed by atoms with Crippen LogP contribution >= 0.6 is 0 Å². The van der Waals surface area contributed by atoms with Gasteiger partial charge in [-0.15, -0.1) is 0 Å². The number of benzene rings is 2. The van der Waals surface area contributed by atoms with E-state index < -0.39 is 29.0 Å². The highest BCUT2D eigenvalue weighted by molar-refractivity contribution is 6.04. The highest BCUT2D eigenvalue weighted by atomic mass is 19.2. The van der Waals surface area contributed by atoms with Crippen molar-refractivity contribution < 1.29 is 27.4 Å². The monoisotopic (exact) mass is 351 g/mol. The second kappa shape index (κ2) is 7.57. The van der Waals surface area contributed by atoms with E-state index in [4.69, 9.17) is 9.47 Å². The minimum Gasteiger partial charge on any atom is -0.491 e. The van der Waals surface area contributed by atoms with Gasteiger partial charge in [0.05, 0.1) is 11.8 Å². The summed E-state index contributed by atoms with van der Waals surface area (Å²) in [5.41, 5.74) is -0.233. The number of rotatable bonds is 5. The number of nitrogens with one attached hydrogen (secondary N) is 1. The van der Waals surface area contributed by atoms with Gasteiger partial charge in [0.15, 0.2) is 17.5 Å². The molecular weight excluding hydrogens is 335 g/mol. The minimum atomic E-state index is -1.63. The molecule has 1 unspecified atom stereocenters. The van der Waals surface area contributed by atoms with Crippen LogP contribution in [0.3, 0.4) is 0 Å². The van der Waals surface area contributed by atoms with Crippen LogP contribution in [0, 0.1) is 17.5 Å². The van der Waals surface area contributed by atoms with Crippen LogP contribution in [0.5, 0.6) is 5.75 Å². The molecule has 0 bridgehead atoms. The Hall–Kier alpha value is -2.54. The van der Waals surface area contributed by atoms with E-state index in [1.807, 2.05) is 0 Å². The van der Waals surface area contributed by atoms with Gasteiger partial charge in [-0.25, -0.2) is 13.2 Å². The predicted molar refractivity (Wildman–Crippen MR) is 85.2 cm³/mol. The lowest BCUT2D eigenvalue weighted by Gasteiger charge is -2.12. The van der Waals surface area contributed by atoms with Crippen molar-refractivity contribution in [2.24, 2.45) is 0 Å². The van der Waals surface area contributed by atoms with Gasteiger partial charge in [-0.1, -0.05) is 6.07 Å². The number of ether oxygens (including phenoxy) is 2. The molecule has 4 nitrogen and oxygen atoms in total. The van der Waals surface area contributed by atoms with E-state index >= 15 is 0 Å². The largest absolute Gasteiger partial charge is 0.491 e. The van der Waals surface area contributed by atoms with Gasteiger partial charge < -0.3 is 14.8 Å². The zero-order chi connectivity index (χ0) is 17.8. The van der Waals surface area contributed by atoms with Crippen LogP contribution in [-0.2, 0) is 4.74 Å². The summed E-state index contributed by atoms with van der Waals surface area (Å²) in [4.78, 5) is 12.2. The summed E-state index contributed by atoms with van der Waals surface area (Å²) >= 11 is 0. The van der Waals surface area contributed by atoms with Gasteiger partial charge in [-0.2, -0.15) is 0 Å². The molecule has 2 aromatic carbocycles. The molecule has 0 aromatic heterocycles. The van der Waals surface area contributed by atoms with Gasteiger partial charge in [0.2, 0.25) is 0 Å². The highest BCUT2D eigenvalue weighted by Gasteiger charge is 2.18. The van der Waals surface area contributed by atoms with E-state index in [9.17, 15) is 18.0 Å². The van der Waals surface area contributed by atoms with Crippen molar-refractivity contribution in [2.45, 2.75) is 18.9 Å². The van der Waals surface area contributed by atoms with E-state index in [0.29, 0.717) is 12.4 Å². The third-order valence-electron chi connectivity index (χ3n) is 3.84. The Kier molecular flexibility index (Phi) is 5.23. The summed E-state index contributed by atoms with van der Waals surface area (Å²) in [5, 5.41) is 2.22. The molecule has 0 radical (unpaired) electrons. The molecule has 7 heteroatoms. The van der Waals surface area contributed by atoms with Gasteiger partial charge in [0.25, 0.3) is 5.91 Å². The van der Waals surface area contributed by atoms with Crippen LogP contribution in [0.1, 0.15) is 23.2 Å². The SMILES string of the molecule is O=C(Nc1ccc(F)c(F)c1F)c1cccc(OCC2CCCO2)c1. The molecule has 1 amide bonds. The number of amides is 1. The molecule has 2 aromatic rings. The zero-order valence-electron chi connectivity index (χ0n) is 13.2. The normalized spacial score (nSPS) is 16.7. The smallest absolute Gasteiger partial charge is 0.255 e. The fraction of sp³-hybridized carbons (Fsp3) is 0.278.